The summed E-state index contributed by atoms with van der Waals surface area (Å²) in [7, 11) is -3.98. The Hall–Kier alpha value is -1.16. The number of benzene rings is 1. The maximum Gasteiger partial charge on any atom is 0.264 e. The van der Waals surface area contributed by atoms with Gasteiger partial charge >= 0.3 is 0 Å². The van der Waals surface area contributed by atoms with Gasteiger partial charge in [0.2, 0.25) is 5.91 Å². The molecule has 122 valence electrons. The zero-order valence-electron chi connectivity index (χ0n) is 12.8. The molecule has 0 heterocycles. The second-order valence-electron chi connectivity index (χ2n) is 5.43. The SMILES string of the molecule is CC(=O)NC(C)(C(=O)NS(=O)(=O)c1ccc(I)cc1)C(C)C. The largest absolute Gasteiger partial charge is 0.342 e. The number of carbonyl (C=O) groups is 2. The van der Waals surface area contributed by atoms with Gasteiger partial charge in [0.25, 0.3) is 15.9 Å². The van der Waals surface area contributed by atoms with E-state index in [-0.39, 0.29) is 10.8 Å². The van der Waals surface area contributed by atoms with Gasteiger partial charge in [0, 0.05) is 10.5 Å². The first-order valence-corrected chi connectivity index (χ1v) is 9.17. The normalized spacial score (nSPS) is 14.3. The van der Waals surface area contributed by atoms with E-state index in [0.717, 1.165) is 3.57 Å². The van der Waals surface area contributed by atoms with Crippen molar-refractivity contribution in [3.63, 3.8) is 0 Å². The van der Waals surface area contributed by atoms with Crippen LogP contribution in [0.15, 0.2) is 29.2 Å². The standard InChI is InChI=1S/C14H19IN2O4S/c1-9(2)14(4,16-10(3)18)13(19)17-22(20,21)12-7-5-11(15)6-8-12/h5-9H,1-4H3,(H,16,18)(H,17,19). The summed E-state index contributed by atoms with van der Waals surface area (Å²) in [4.78, 5) is 23.7. The van der Waals surface area contributed by atoms with E-state index in [0.29, 0.717) is 0 Å². The van der Waals surface area contributed by atoms with Crippen molar-refractivity contribution in [1.29, 1.82) is 0 Å². The lowest BCUT2D eigenvalue weighted by Gasteiger charge is -2.32. The average Bonchev–Trinajstić information content (AvgIpc) is 2.37. The van der Waals surface area contributed by atoms with Crippen molar-refractivity contribution in [2.75, 3.05) is 0 Å². The lowest BCUT2D eigenvalue weighted by Crippen LogP contribution is -2.60. The smallest absolute Gasteiger partial charge is 0.264 e. The Kier molecular flexibility index (Phi) is 5.96. The Morgan fingerprint density at radius 2 is 1.68 bits per heavy atom. The predicted molar refractivity (Wildman–Crippen MR) is 91.5 cm³/mol. The van der Waals surface area contributed by atoms with Crippen molar-refractivity contribution < 1.29 is 18.0 Å². The van der Waals surface area contributed by atoms with Crippen molar-refractivity contribution in [2.45, 2.75) is 38.1 Å². The highest BCUT2D eigenvalue weighted by atomic mass is 127. The molecule has 0 spiro atoms. The molecule has 0 radical (unpaired) electrons. The highest BCUT2D eigenvalue weighted by Gasteiger charge is 2.39. The molecule has 0 bridgehead atoms. The van der Waals surface area contributed by atoms with Crippen LogP contribution in [0.2, 0.25) is 0 Å². The van der Waals surface area contributed by atoms with Crippen LogP contribution in [0, 0.1) is 9.49 Å². The number of carbonyl (C=O) groups excluding carboxylic acids is 2. The minimum absolute atomic E-state index is 0.00445. The summed E-state index contributed by atoms with van der Waals surface area (Å²) in [6.07, 6.45) is 0. The molecule has 0 saturated heterocycles. The first-order valence-electron chi connectivity index (χ1n) is 6.60. The Morgan fingerprint density at radius 1 is 1.18 bits per heavy atom. The molecule has 0 aromatic heterocycles. The van der Waals surface area contributed by atoms with Gasteiger partial charge < -0.3 is 5.32 Å². The molecule has 1 rings (SSSR count). The van der Waals surface area contributed by atoms with Gasteiger partial charge in [0.1, 0.15) is 5.54 Å². The van der Waals surface area contributed by atoms with Crippen molar-refractivity contribution in [2.24, 2.45) is 5.92 Å². The highest BCUT2D eigenvalue weighted by molar-refractivity contribution is 14.1. The third-order valence-corrected chi connectivity index (χ3v) is 5.48. The van der Waals surface area contributed by atoms with Crippen molar-refractivity contribution in [3.8, 4) is 0 Å². The molecule has 0 saturated carbocycles. The molecular formula is C14H19IN2O4S. The van der Waals surface area contributed by atoms with E-state index in [1.807, 2.05) is 4.72 Å². The van der Waals surface area contributed by atoms with E-state index in [1.165, 1.54) is 26.0 Å². The zero-order valence-corrected chi connectivity index (χ0v) is 15.8. The number of sulfonamides is 1. The quantitative estimate of drug-likeness (QED) is 0.684. The van der Waals surface area contributed by atoms with Crippen molar-refractivity contribution in [3.05, 3.63) is 27.8 Å². The minimum atomic E-state index is -3.98. The lowest BCUT2D eigenvalue weighted by atomic mass is 9.87. The van der Waals surface area contributed by atoms with E-state index in [2.05, 4.69) is 27.9 Å². The molecule has 6 nitrogen and oxygen atoms in total. The van der Waals surface area contributed by atoms with Gasteiger partial charge in [0.05, 0.1) is 4.90 Å². The molecule has 22 heavy (non-hydrogen) atoms. The Balaban J connectivity index is 3.07. The van der Waals surface area contributed by atoms with Crippen LogP contribution in [0.5, 0.6) is 0 Å². The average molecular weight is 438 g/mol. The molecule has 1 aromatic carbocycles. The third-order valence-electron chi connectivity index (χ3n) is 3.41. The predicted octanol–water partition coefficient (Wildman–Crippen LogP) is 1.65. The summed E-state index contributed by atoms with van der Waals surface area (Å²) in [6, 6.07) is 6.11. The highest BCUT2D eigenvalue weighted by Crippen LogP contribution is 2.19. The van der Waals surface area contributed by atoms with Gasteiger partial charge in [-0.3, -0.25) is 9.59 Å². The van der Waals surface area contributed by atoms with Crippen molar-refractivity contribution >= 4 is 44.4 Å². The van der Waals surface area contributed by atoms with Crippen LogP contribution in [0.1, 0.15) is 27.7 Å². The second-order valence-corrected chi connectivity index (χ2v) is 8.35. The molecule has 1 atom stereocenters. The maximum atomic E-state index is 12.4. The van der Waals surface area contributed by atoms with Crippen LogP contribution < -0.4 is 10.0 Å². The number of hydrogen-bond acceptors (Lipinski definition) is 4. The molecule has 0 fully saturated rings. The van der Waals surface area contributed by atoms with Crippen LogP contribution in [-0.4, -0.2) is 25.8 Å². The molecule has 0 aliphatic carbocycles. The van der Waals surface area contributed by atoms with Crippen LogP contribution in [0.25, 0.3) is 0 Å². The summed E-state index contributed by atoms with van der Waals surface area (Å²) >= 11 is 2.06. The van der Waals surface area contributed by atoms with E-state index in [1.54, 1.807) is 26.0 Å². The number of nitrogens with one attached hydrogen (secondary N) is 2. The first kappa shape index (κ1) is 18.9. The minimum Gasteiger partial charge on any atom is -0.342 e. The fourth-order valence-electron chi connectivity index (χ4n) is 1.73. The zero-order chi connectivity index (χ0) is 17.1. The van der Waals surface area contributed by atoms with Gasteiger partial charge in [-0.25, -0.2) is 13.1 Å². The molecule has 0 aliphatic heterocycles. The summed E-state index contributed by atoms with van der Waals surface area (Å²) in [5.74, 6) is -1.46. The fraction of sp³-hybridized carbons (Fsp3) is 0.429. The van der Waals surface area contributed by atoms with Crippen LogP contribution >= 0.6 is 22.6 Å². The summed E-state index contributed by atoms with van der Waals surface area (Å²) in [5.41, 5.74) is -1.32. The molecule has 2 N–H and O–H groups in total. The molecule has 8 heteroatoms. The summed E-state index contributed by atoms with van der Waals surface area (Å²) in [6.45, 7) is 6.24. The van der Waals surface area contributed by atoms with Gasteiger partial charge in [-0.05, 0) is 59.7 Å². The molecular weight excluding hydrogens is 419 g/mol. The lowest BCUT2D eigenvalue weighted by molar-refractivity contribution is -0.132. The topological polar surface area (TPSA) is 92.3 Å². The Labute approximate surface area is 144 Å². The van der Waals surface area contributed by atoms with E-state index >= 15 is 0 Å². The van der Waals surface area contributed by atoms with Crippen LogP contribution in [-0.2, 0) is 19.6 Å². The number of halogens is 1. The first-order chi connectivity index (χ1) is 9.99. The molecule has 2 amide bonds. The molecule has 0 aliphatic rings. The Bertz CT molecular complexity index is 671. The number of amides is 2. The van der Waals surface area contributed by atoms with Crippen molar-refractivity contribution in [1.82, 2.24) is 10.0 Å². The van der Waals surface area contributed by atoms with E-state index in [9.17, 15) is 18.0 Å². The maximum absolute atomic E-state index is 12.4. The number of hydrogen-bond donors (Lipinski definition) is 2. The summed E-state index contributed by atoms with van der Waals surface area (Å²) < 4.78 is 27.4. The van der Waals surface area contributed by atoms with E-state index in [4.69, 9.17) is 0 Å². The second kappa shape index (κ2) is 6.95. The molecule has 1 aromatic rings. The fourth-order valence-corrected chi connectivity index (χ4v) is 3.16. The van der Waals surface area contributed by atoms with Gasteiger partial charge in [-0.2, -0.15) is 0 Å². The van der Waals surface area contributed by atoms with Gasteiger partial charge in [0.15, 0.2) is 0 Å². The molecule has 1 unspecified atom stereocenters. The Morgan fingerprint density at radius 3 is 2.09 bits per heavy atom. The van der Waals surface area contributed by atoms with Crippen LogP contribution in [0.3, 0.4) is 0 Å². The van der Waals surface area contributed by atoms with Gasteiger partial charge in [-0.1, -0.05) is 13.8 Å². The number of rotatable bonds is 5. The van der Waals surface area contributed by atoms with Gasteiger partial charge in [-0.15, -0.1) is 0 Å². The third kappa shape index (κ3) is 4.42. The van der Waals surface area contributed by atoms with Crippen LogP contribution in [0.4, 0.5) is 0 Å². The monoisotopic (exact) mass is 438 g/mol. The summed E-state index contributed by atoms with van der Waals surface area (Å²) in [5, 5.41) is 2.52. The van der Waals surface area contributed by atoms with E-state index < -0.39 is 27.4 Å².